The van der Waals surface area contributed by atoms with E-state index < -0.39 is 5.69 Å². The molecule has 2 aliphatic heterocycles. The summed E-state index contributed by atoms with van der Waals surface area (Å²) in [7, 11) is 0. The van der Waals surface area contributed by atoms with Gasteiger partial charge in [-0.2, -0.15) is 4.98 Å². The first-order valence-corrected chi connectivity index (χ1v) is 15.3. The highest BCUT2D eigenvalue weighted by atomic mass is 35.5. The maximum Gasteiger partial charge on any atom is 0.355 e. The molecule has 2 atom stereocenters. The standard InChI is InChI=1S/C32H42ClN7O2/c1-9-25(41)37-17-22(6)38(18-21(37)5)28-23-16-24(33)30(39-15-11-10-13-32(39,7)8)35-29(23)40(31(42)36-28)27-20(4)12-14-34-26(27)19(2)3/h9,12,14,16,19,21-22H,1,10-11,13,15,17-18H2,2-8H3. The molecule has 0 bridgehead atoms. The van der Waals surface area contributed by atoms with Gasteiger partial charge in [-0.1, -0.05) is 32.0 Å². The largest absolute Gasteiger partial charge is 0.355 e. The number of piperidine rings is 1. The molecule has 0 spiro atoms. The van der Waals surface area contributed by atoms with Gasteiger partial charge in [-0.3, -0.25) is 9.78 Å². The predicted octanol–water partition coefficient (Wildman–Crippen LogP) is 5.64. The fraction of sp³-hybridized carbons (Fsp3) is 0.531. The average molecular weight is 592 g/mol. The Balaban J connectivity index is 1.79. The van der Waals surface area contributed by atoms with Gasteiger partial charge in [0.1, 0.15) is 11.6 Å². The monoisotopic (exact) mass is 591 g/mol. The van der Waals surface area contributed by atoms with E-state index in [1.807, 2.05) is 37.8 Å². The Morgan fingerprint density at radius 2 is 1.88 bits per heavy atom. The Kier molecular flexibility index (Phi) is 8.09. The molecule has 1 amide bonds. The molecular weight excluding hydrogens is 550 g/mol. The molecule has 0 aromatic carbocycles. The first-order valence-electron chi connectivity index (χ1n) is 14.9. The van der Waals surface area contributed by atoms with E-state index in [-0.39, 0.29) is 29.4 Å². The van der Waals surface area contributed by atoms with Crippen molar-refractivity contribution in [3.8, 4) is 5.69 Å². The highest BCUT2D eigenvalue weighted by Crippen LogP contribution is 2.39. The van der Waals surface area contributed by atoms with Crippen LogP contribution in [-0.2, 0) is 4.79 Å². The SMILES string of the molecule is C=CC(=O)N1CC(C)N(c2nc(=O)n(-c3c(C)ccnc3C(C)C)c3nc(N4CCCCC4(C)C)c(Cl)cc23)CC1C. The molecule has 9 nitrogen and oxygen atoms in total. The lowest BCUT2D eigenvalue weighted by Crippen LogP contribution is -2.58. The average Bonchev–Trinajstić information content (AvgIpc) is 2.93. The van der Waals surface area contributed by atoms with Crippen LogP contribution < -0.4 is 15.5 Å². The number of aryl methyl sites for hydroxylation is 1. The van der Waals surface area contributed by atoms with Crippen molar-refractivity contribution >= 4 is 40.2 Å². The van der Waals surface area contributed by atoms with Gasteiger partial charge in [-0.05, 0) is 83.6 Å². The normalized spacial score (nSPS) is 20.8. The van der Waals surface area contributed by atoms with E-state index in [1.165, 1.54) is 6.08 Å². The number of aromatic nitrogens is 4. The number of carbonyl (C=O) groups is 1. The zero-order valence-electron chi connectivity index (χ0n) is 25.8. The second kappa shape index (κ2) is 11.3. The number of anilines is 2. The van der Waals surface area contributed by atoms with E-state index in [0.29, 0.717) is 46.5 Å². The van der Waals surface area contributed by atoms with Gasteiger partial charge in [0.05, 0.1) is 21.8 Å². The van der Waals surface area contributed by atoms with Crippen molar-refractivity contribution in [3.05, 3.63) is 57.7 Å². The number of pyridine rings is 2. The quantitative estimate of drug-likeness (QED) is 0.355. The van der Waals surface area contributed by atoms with Gasteiger partial charge in [0.2, 0.25) is 5.91 Å². The van der Waals surface area contributed by atoms with Gasteiger partial charge in [0, 0.05) is 43.5 Å². The second-order valence-corrected chi connectivity index (χ2v) is 13.1. The zero-order chi connectivity index (χ0) is 30.5. The van der Waals surface area contributed by atoms with Gasteiger partial charge in [-0.25, -0.2) is 14.3 Å². The molecule has 0 saturated carbocycles. The van der Waals surface area contributed by atoms with Crippen LogP contribution in [0.2, 0.25) is 5.02 Å². The van der Waals surface area contributed by atoms with Gasteiger partial charge in [0.25, 0.3) is 0 Å². The summed E-state index contributed by atoms with van der Waals surface area (Å²) in [6.07, 6.45) is 6.36. The fourth-order valence-electron chi connectivity index (χ4n) is 6.49. The van der Waals surface area contributed by atoms with Crippen LogP contribution in [0.5, 0.6) is 0 Å². The molecule has 42 heavy (non-hydrogen) atoms. The minimum absolute atomic E-state index is 0.0747. The number of hydrogen-bond acceptors (Lipinski definition) is 7. The maximum atomic E-state index is 14.2. The Morgan fingerprint density at radius 1 is 1.14 bits per heavy atom. The van der Waals surface area contributed by atoms with Crippen LogP contribution in [0.3, 0.4) is 0 Å². The van der Waals surface area contributed by atoms with Crippen molar-refractivity contribution in [3.63, 3.8) is 0 Å². The Bertz CT molecular complexity index is 1600. The van der Waals surface area contributed by atoms with Gasteiger partial charge < -0.3 is 14.7 Å². The molecule has 2 unspecified atom stereocenters. The number of rotatable bonds is 5. The van der Waals surface area contributed by atoms with Crippen molar-refractivity contribution in [2.75, 3.05) is 29.4 Å². The van der Waals surface area contributed by atoms with Crippen molar-refractivity contribution in [2.24, 2.45) is 0 Å². The minimum atomic E-state index is -0.418. The van der Waals surface area contributed by atoms with Gasteiger partial charge >= 0.3 is 5.69 Å². The first kappa shape index (κ1) is 30.0. The molecule has 3 aromatic rings. The fourth-order valence-corrected chi connectivity index (χ4v) is 6.75. The number of hydrogen-bond donors (Lipinski definition) is 0. The highest BCUT2D eigenvalue weighted by molar-refractivity contribution is 6.33. The predicted molar refractivity (Wildman–Crippen MR) is 170 cm³/mol. The van der Waals surface area contributed by atoms with Crippen LogP contribution in [0.4, 0.5) is 11.6 Å². The molecule has 2 fully saturated rings. The van der Waals surface area contributed by atoms with Crippen LogP contribution in [0, 0.1) is 6.92 Å². The molecule has 2 saturated heterocycles. The van der Waals surface area contributed by atoms with E-state index in [9.17, 15) is 9.59 Å². The Labute approximate surface area is 253 Å². The second-order valence-electron chi connectivity index (χ2n) is 12.7. The summed E-state index contributed by atoms with van der Waals surface area (Å²) >= 11 is 7.06. The van der Waals surface area contributed by atoms with Crippen LogP contribution in [-0.4, -0.2) is 67.6 Å². The van der Waals surface area contributed by atoms with Crippen molar-refractivity contribution in [1.82, 2.24) is 24.4 Å². The zero-order valence-corrected chi connectivity index (χ0v) is 26.6. The summed E-state index contributed by atoms with van der Waals surface area (Å²) in [5.41, 5.74) is 2.40. The summed E-state index contributed by atoms with van der Waals surface area (Å²) in [4.78, 5) is 47.5. The molecule has 5 rings (SSSR count). The number of halogens is 1. The summed E-state index contributed by atoms with van der Waals surface area (Å²) in [5, 5.41) is 1.22. The Morgan fingerprint density at radius 3 is 2.55 bits per heavy atom. The third-order valence-electron chi connectivity index (χ3n) is 8.83. The lowest BCUT2D eigenvalue weighted by atomic mass is 9.90. The molecule has 0 aliphatic carbocycles. The summed E-state index contributed by atoms with van der Waals surface area (Å²) in [6, 6.07) is 3.64. The number of fused-ring (bicyclic) bond motifs is 1. The lowest BCUT2D eigenvalue weighted by Gasteiger charge is -2.45. The number of piperazine rings is 1. The molecule has 10 heteroatoms. The number of nitrogens with zero attached hydrogens (tertiary/aromatic N) is 7. The molecule has 0 N–H and O–H groups in total. The van der Waals surface area contributed by atoms with Crippen molar-refractivity contribution in [2.45, 2.75) is 91.3 Å². The first-order chi connectivity index (χ1) is 19.9. The minimum Gasteiger partial charge on any atom is -0.350 e. The van der Waals surface area contributed by atoms with Gasteiger partial charge in [0.15, 0.2) is 5.65 Å². The highest BCUT2D eigenvalue weighted by Gasteiger charge is 2.36. The topological polar surface area (TPSA) is 87.5 Å². The van der Waals surface area contributed by atoms with E-state index in [1.54, 1.807) is 10.8 Å². The summed E-state index contributed by atoms with van der Waals surface area (Å²) in [6.45, 7) is 20.1. The Hall–Kier alpha value is -3.46. The lowest BCUT2D eigenvalue weighted by molar-refractivity contribution is -0.128. The number of amides is 1. The summed E-state index contributed by atoms with van der Waals surface area (Å²) in [5.74, 6) is 1.18. The third-order valence-corrected chi connectivity index (χ3v) is 9.11. The van der Waals surface area contributed by atoms with E-state index in [0.717, 1.165) is 37.1 Å². The van der Waals surface area contributed by atoms with Crippen LogP contribution >= 0.6 is 11.6 Å². The molecule has 224 valence electrons. The van der Waals surface area contributed by atoms with E-state index >= 15 is 0 Å². The molecule has 3 aromatic heterocycles. The van der Waals surface area contributed by atoms with Crippen molar-refractivity contribution in [1.29, 1.82) is 0 Å². The van der Waals surface area contributed by atoms with Crippen LogP contribution in [0.15, 0.2) is 35.8 Å². The van der Waals surface area contributed by atoms with E-state index in [4.69, 9.17) is 21.6 Å². The third kappa shape index (κ3) is 5.16. The van der Waals surface area contributed by atoms with E-state index in [2.05, 4.69) is 49.1 Å². The molecular formula is C32H42ClN7O2. The molecule has 5 heterocycles. The maximum absolute atomic E-state index is 14.2. The van der Waals surface area contributed by atoms with Crippen LogP contribution in [0.25, 0.3) is 16.7 Å². The van der Waals surface area contributed by atoms with Crippen molar-refractivity contribution < 1.29 is 4.79 Å². The number of carbonyl (C=O) groups excluding carboxylic acids is 1. The smallest absolute Gasteiger partial charge is 0.350 e. The van der Waals surface area contributed by atoms with Gasteiger partial charge in [-0.15, -0.1) is 0 Å². The molecule has 0 radical (unpaired) electrons. The molecule has 2 aliphatic rings. The summed E-state index contributed by atoms with van der Waals surface area (Å²) < 4.78 is 1.62. The van der Waals surface area contributed by atoms with Crippen LogP contribution in [0.1, 0.15) is 78.0 Å².